The molecule has 0 amide bonds. The second kappa shape index (κ2) is 7.35. The summed E-state index contributed by atoms with van der Waals surface area (Å²) >= 11 is 0. The topological polar surface area (TPSA) is 76.3 Å². The van der Waals surface area contributed by atoms with Crippen molar-refractivity contribution in [3.8, 4) is 22.8 Å². The zero-order valence-corrected chi connectivity index (χ0v) is 18.0. The predicted molar refractivity (Wildman–Crippen MR) is 119 cm³/mol. The van der Waals surface area contributed by atoms with Crippen LogP contribution in [0.5, 0.6) is 0 Å². The molecule has 156 valence electrons. The lowest BCUT2D eigenvalue weighted by molar-refractivity contribution is 0.432. The van der Waals surface area contributed by atoms with E-state index in [4.69, 9.17) is 4.52 Å². The van der Waals surface area contributed by atoms with Gasteiger partial charge < -0.3 is 4.52 Å². The van der Waals surface area contributed by atoms with Crippen molar-refractivity contribution in [2.24, 2.45) is 0 Å². The molecule has 0 bridgehead atoms. The predicted octanol–water partition coefficient (Wildman–Crippen LogP) is 4.85. The van der Waals surface area contributed by atoms with E-state index in [0.717, 1.165) is 22.4 Å². The van der Waals surface area contributed by atoms with Crippen molar-refractivity contribution >= 4 is 15.7 Å². The van der Waals surface area contributed by atoms with Crippen molar-refractivity contribution in [2.45, 2.75) is 31.2 Å². The molecule has 1 atom stereocenters. The van der Waals surface area contributed by atoms with Crippen LogP contribution in [0, 0.1) is 6.92 Å². The van der Waals surface area contributed by atoms with Crippen LogP contribution < -0.4 is 4.31 Å². The quantitative estimate of drug-likeness (QED) is 0.462. The number of aryl methyl sites for hydroxylation is 1. The number of anilines is 1. The minimum Gasteiger partial charge on any atom is -0.334 e. The largest absolute Gasteiger partial charge is 0.334 e. The van der Waals surface area contributed by atoms with Crippen molar-refractivity contribution in [1.82, 2.24) is 10.1 Å². The number of nitrogens with zero attached hydrogens (tertiary/aromatic N) is 3. The van der Waals surface area contributed by atoms with Crippen molar-refractivity contribution in [3.05, 3.63) is 83.9 Å². The van der Waals surface area contributed by atoms with Crippen molar-refractivity contribution in [2.75, 3.05) is 4.31 Å². The SMILES string of the molecule is Cc1ccc(-c2noc(-c3cccc(S(=O)(=O)N4c5ccccc5C[C@H]4C)c3)n2)cc1. The number of hydrogen-bond donors (Lipinski definition) is 0. The van der Waals surface area contributed by atoms with Gasteiger partial charge in [-0.05, 0) is 50.1 Å². The molecule has 6 nitrogen and oxygen atoms in total. The van der Waals surface area contributed by atoms with Gasteiger partial charge in [-0.1, -0.05) is 59.3 Å². The van der Waals surface area contributed by atoms with Gasteiger partial charge in [0.25, 0.3) is 15.9 Å². The Morgan fingerprint density at radius 2 is 1.74 bits per heavy atom. The molecule has 31 heavy (non-hydrogen) atoms. The minimum absolute atomic E-state index is 0.150. The van der Waals surface area contributed by atoms with E-state index in [1.165, 1.54) is 4.31 Å². The van der Waals surface area contributed by atoms with Gasteiger partial charge in [0, 0.05) is 17.2 Å². The van der Waals surface area contributed by atoms with Gasteiger partial charge in [0.15, 0.2) is 0 Å². The number of sulfonamides is 1. The molecular formula is C24H21N3O3S. The maximum Gasteiger partial charge on any atom is 0.264 e. The molecule has 2 heterocycles. The molecule has 1 aromatic heterocycles. The fourth-order valence-corrected chi connectivity index (χ4v) is 5.71. The number of rotatable bonds is 4. The molecule has 0 aliphatic carbocycles. The Morgan fingerprint density at radius 1 is 0.968 bits per heavy atom. The Morgan fingerprint density at radius 3 is 2.55 bits per heavy atom. The zero-order valence-electron chi connectivity index (χ0n) is 17.2. The van der Waals surface area contributed by atoms with Gasteiger partial charge in [-0.2, -0.15) is 4.98 Å². The summed E-state index contributed by atoms with van der Waals surface area (Å²) in [6.07, 6.45) is 0.693. The Bertz CT molecular complexity index is 1360. The third-order valence-electron chi connectivity index (χ3n) is 5.52. The lowest BCUT2D eigenvalue weighted by Crippen LogP contribution is -2.35. The normalized spacial score (nSPS) is 15.8. The lowest BCUT2D eigenvalue weighted by Gasteiger charge is -2.24. The van der Waals surface area contributed by atoms with E-state index in [0.29, 0.717) is 17.8 Å². The maximum absolute atomic E-state index is 13.5. The van der Waals surface area contributed by atoms with Crippen LogP contribution in [0.1, 0.15) is 18.1 Å². The summed E-state index contributed by atoms with van der Waals surface area (Å²) in [6, 6.07) is 22.0. The van der Waals surface area contributed by atoms with Gasteiger partial charge in [-0.25, -0.2) is 8.42 Å². The van der Waals surface area contributed by atoms with Gasteiger partial charge in [0.1, 0.15) is 0 Å². The fraction of sp³-hybridized carbons (Fsp3) is 0.167. The van der Waals surface area contributed by atoms with Crippen molar-refractivity contribution < 1.29 is 12.9 Å². The summed E-state index contributed by atoms with van der Waals surface area (Å²) in [4.78, 5) is 4.66. The average Bonchev–Trinajstić information content (AvgIpc) is 3.39. The Hall–Kier alpha value is -3.45. The zero-order chi connectivity index (χ0) is 21.6. The molecule has 7 heteroatoms. The number of para-hydroxylation sites is 1. The average molecular weight is 432 g/mol. The molecule has 1 aliphatic rings. The van der Waals surface area contributed by atoms with E-state index in [1.807, 2.05) is 62.4 Å². The first-order valence-corrected chi connectivity index (χ1v) is 11.5. The molecule has 5 rings (SSSR count). The van der Waals surface area contributed by atoms with Crippen molar-refractivity contribution in [1.29, 1.82) is 0 Å². The summed E-state index contributed by atoms with van der Waals surface area (Å²) in [5.41, 5.74) is 4.32. The Kier molecular flexibility index (Phi) is 4.63. The first-order valence-electron chi connectivity index (χ1n) is 10.1. The van der Waals surface area contributed by atoms with E-state index in [2.05, 4.69) is 10.1 Å². The fourth-order valence-electron chi connectivity index (χ4n) is 3.97. The molecule has 0 radical (unpaired) electrons. The minimum atomic E-state index is -3.74. The van der Waals surface area contributed by atoms with Gasteiger partial charge in [0.05, 0.1) is 10.6 Å². The van der Waals surface area contributed by atoms with Crippen LogP contribution in [0.25, 0.3) is 22.8 Å². The molecule has 1 aliphatic heterocycles. The highest BCUT2D eigenvalue weighted by molar-refractivity contribution is 7.92. The van der Waals surface area contributed by atoms with Gasteiger partial charge in [-0.15, -0.1) is 0 Å². The second-order valence-electron chi connectivity index (χ2n) is 7.80. The first-order chi connectivity index (χ1) is 14.9. The van der Waals surface area contributed by atoms with E-state index in [9.17, 15) is 8.42 Å². The molecule has 0 saturated heterocycles. The number of hydrogen-bond acceptors (Lipinski definition) is 5. The Balaban J connectivity index is 1.51. The van der Waals surface area contributed by atoms with Gasteiger partial charge in [-0.3, -0.25) is 4.31 Å². The number of aromatic nitrogens is 2. The molecule has 0 saturated carbocycles. The van der Waals surface area contributed by atoms with Gasteiger partial charge >= 0.3 is 0 Å². The first kappa shape index (κ1) is 19.5. The highest BCUT2D eigenvalue weighted by atomic mass is 32.2. The summed E-state index contributed by atoms with van der Waals surface area (Å²) in [6.45, 7) is 3.93. The van der Waals surface area contributed by atoms with Gasteiger partial charge in [0.2, 0.25) is 5.82 Å². The highest BCUT2D eigenvalue weighted by Gasteiger charge is 2.36. The standard InChI is InChI=1S/C24H21N3O3S/c1-16-10-12-18(13-11-16)23-25-24(30-26-23)20-7-5-8-21(15-20)31(28,29)27-17(2)14-19-6-3-4-9-22(19)27/h3-13,15,17H,14H2,1-2H3/t17-/m1/s1. The van der Waals surface area contributed by atoms with Crippen LogP contribution in [-0.4, -0.2) is 24.6 Å². The monoisotopic (exact) mass is 431 g/mol. The molecule has 3 aromatic carbocycles. The van der Waals surface area contributed by atoms with Crippen LogP contribution >= 0.6 is 0 Å². The lowest BCUT2D eigenvalue weighted by atomic mass is 10.1. The third kappa shape index (κ3) is 3.41. The summed E-state index contributed by atoms with van der Waals surface area (Å²) < 4.78 is 34.0. The maximum atomic E-state index is 13.5. The van der Waals surface area contributed by atoms with Crippen LogP contribution in [0.2, 0.25) is 0 Å². The van der Waals surface area contributed by atoms with Crippen LogP contribution in [0.4, 0.5) is 5.69 Å². The molecule has 0 unspecified atom stereocenters. The van der Waals surface area contributed by atoms with Crippen molar-refractivity contribution in [3.63, 3.8) is 0 Å². The molecule has 0 spiro atoms. The number of fused-ring (bicyclic) bond motifs is 1. The summed E-state index contributed by atoms with van der Waals surface area (Å²) in [5, 5.41) is 4.06. The summed E-state index contributed by atoms with van der Waals surface area (Å²) in [7, 11) is -3.74. The molecule has 0 N–H and O–H groups in total. The van der Waals surface area contributed by atoms with E-state index in [1.54, 1.807) is 24.3 Å². The van der Waals surface area contributed by atoms with Crippen LogP contribution in [0.15, 0.2) is 82.2 Å². The smallest absolute Gasteiger partial charge is 0.264 e. The molecule has 4 aromatic rings. The van der Waals surface area contributed by atoms with E-state index >= 15 is 0 Å². The molecular weight excluding hydrogens is 410 g/mol. The second-order valence-corrected chi connectivity index (χ2v) is 9.61. The highest BCUT2D eigenvalue weighted by Crippen LogP contribution is 2.37. The third-order valence-corrected chi connectivity index (χ3v) is 7.44. The van der Waals surface area contributed by atoms with Crippen LogP contribution in [-0.2, 0) is 16.4 Å². The summed E-state index contributed by atoms with van der Waals surface area (Å²) in [5.74, 6) is 0.743. The van der Waals surface area contributed by atoms with Crippen LogP contribution in [0.3, 0.4) is 0 Å². The number of benzene rings is 3. The Labute approximate surface area is 181 Å². The van der Waals surface area contributed by atoms with E-state index < -0.39 is 10.0 Å². The molecule has 0 fully saturated rings. The van der Waals surface area contributed by atoms with E-state index in [-0.39, 0.29) is 16.8 Å².